The van der Waals surface area contributed by atoms with E-state index in [1.54, 1.807) is 7.11 Å². The summed E-state index contributed by atoms with van der Waals surface area (Å²) in [5.74, 6) is 2.03. The average Bonchev–Trinajstić information content (AvgIpc) is 2.70. The summed E-state index contributed by atoms with van der Waals surface area (Å²) < 4.78 is 18.5. The van der Waals surface area contributed by atoms with Gasteiger partial charge < -0.3 is 14.2 Å². The molecule has 2 heterocycles. The van der Waals surface area contributed by atoms with Gasteiger partial charge in [-0.3, -0.25) is 0 Å². The molecule has 3 aromatic rings. The fourth-order valence-electron chi connectivity index (χ4n) is 4.11. The monoisotopic (exact) mass is 344 g/mol. The first-order valence-electron chi connectivity index (χ1n) is 8.97. The second-order valence-corrected chi connectivity index (χ2v) is 6.92. The highest BCUT2D eigenvalue weighted by atomic mass is 16.7. The number of benzene rings is 3. The fourth-order valence-corrected chi connectivity index (χ4v) is 4.11. The minimum Gasteiger partial charge on any atom is -0.497 e. The van der Waals surface area contributed by atoms with Crippen LogP contribution in [0.2, 0.25) is 0 Å². The number of para-hydroxylation sites is 2. The summed E-state index contributed by atoms with van der Waals surface area (Å²) >= 11 is 0. The summed E-state index contributed by atoms with van der Waals surface area (Å²) in [5, 5.41) is 0. The van der Waals surface area contributed by atoms with Crippen LogP contribution in [0.25, 0.3) is 0 Å². The molecule has 2 aliphatic heterocycles. The zero-order valence-corrected chi connectivity index (χ0v) is 14.6. The van der Waals surface area contributed by atoms with Crippen LogP contribution in [-0.2, 0) is 18.6 Å². The maximum absolute atomic E-state index is 6.58. The number of hydrogen-bond donors (Lipinski definition) is 0. The number of rotatable bonds is 2. The van der Waals surface area contributed by atoms with Gasteiger partial charge in [0.25, 0.3) is 5.79 Å². The molecule has 0 aromatic heterocycles. The van der Waals surface area contributed by atoms with Gasteiger partial charge in [-0.05, 0) is 60.4 Å². The van der Waals surface area contributed by atoms with E-state index in [1.165, 1.54) is 11.1 Å². The van der Waals surface area contributed by atoms with Gasteiger partial charge in [0.05, 0.1) is 7.11 Å². The molecule has 2 aliphatic rings. The normalized spacial score (nSPS) is 22.9. The molecular weight excluding hydrogens is 324 g/mol. The molecule has 0 unspecified atom stereocenters. The van der Waals surface area contributed by atoms with Crippen molar-refractivity contribution in [2.75, 3.05) is 7.11 Å². The molecule has 0 N–H and O–H groups in total. The van der Waals surface area contributed by atoms with Gasteiger partial charge in [0.1, 0.15) is 17.2 Å². The number of fused-ring (bicyclic) bond motifs is 3. The Bertz CT molecular complexity index is 894. The zero-order valence-electron chi connectivity index (χ0n) is 14.6. The molecule has 130 valence electrons. The Morgan fingerprint density at radius 1 is 0.769 bits per heavy atom. The van der Waals surface area contributed by atoms with Gasteiger partial charge in [0, 0.05) is 11.5 Å². The number of ether oxygens (including phenoxy) is 3. The summed E-state index contributed by atoms with van der Waals surface area (Å²) in [6, 6.07) is 24.5. The Morgan fingerprint density at radius 3 is 1.85 bits per heavy atom. The Balaban J connectivity index is 1.66. The van der Waals surface area contributed by atoms with Crippen molar-refractivity contribution in [2.24, 2.45) is 5.92 Å². The van der Waals surface area contributed by atoms with E-state index >= 15 is 0 Å². The van der Waals surface area contributed by atoms with E-state index in [0.717, 1.165) is 35.7 Å². The largest absolute Gasteiger partial charge is 0.497 e. The van der Waals surface area contributed by atoms with Crippen LogP contribution in [0.4, 0.5) is 0 Å². The highest BCUT2D eigenvalue weighted by Gasteiger charge is 2.51. The molecule has 0 saturated carbocycles. The molecule has 0 saturated heterocycles. The van der Waals surface area contributed by atoms with Crippen LogP contribution in [0, 0.1) is 5.92 Å². The quantitative estimate of drug-likeness (QED) is 0.672. The van der Waals surface area contributed by atoms with Crippen molar-refractivity contribution in [1.29, 1.82) is 0 Å². The lowest BCUT2D eigenvalue weighted by Gasteiger charge is -2.47. The van der Waals surface area contributed by atoms with E-state index in [2.05, 4.69) is 24.3 Å². The highest BCUT2D eigenvalue weighted by molar-refractivity contribution is 5.44. The summed E-state index contributed by atoms with van der Waals surface area (Å²) in [5.41, 5.74) is 3.50. The lowest BCUT2D eigenvalue weighted by molar-refractivity contribution is -0.183. The molecular formula is C23H20O3. The highest BCUT2D eigenvalue weighted by Crippen LogP contribution is 2.49. The van der Waals surface area contributed by atoms with E-state index in [9.17, 15) is 0 Å². The first-order valence-corrected chi connectivity index (χ1v) is 8.97. The summed E-state index contributed by atoms with van der Waals surface area (Å²) in [6.07, 6.45) is 1.85. The van der Waals surface area contributed by atoms with E-state index in [1.807, 2.05) is 48.5 Å². The van der Waals surface area contributed by atoms with E-state index in [0.29, 0.717) is 0 Å². The molecule has 0 fully saturated rings. The molecule has 0 bridgehead atoms. The van der Waals surface area contributed by atoms with Crippen LogP contribution in [0.3, 0.4) is 0 Å². The molecule has 3 aromatic carbocycles. The Morgan fingerprint density at radius 2 is 1.31 bits per heavy atom. The fraction of sp³-hybridized carbons (Fsp3) is 0.217. The Hall–Kier alpha value is -2.94. The molecule has 3 heteroatoms. The van der Waals surface area contributed by atoms with Crippen LogP contribution in [0.15, 0.2) is 72.8 Å². The third-order valence-electron chi connectivity index (χ3n) is 5.43. The molecule has 0 radical (unpaired) electrons. The van der Waals surface area contributed by atoms with Crippen LogP contribution in [0.5, 0.6) is 17.2 Å². The number of hydrogen-bond acceptors (Lipinski definition) is 3. The average molecular weight is 344 g/mol. The smallest absolute Gasteiger partial charge is 0.281 e. The Labute approximate surface area is 153 Å². The minimum absolute atomic E-state index is 0.209. The summed E-state index contributed by atoms with van der Waals surface area (Å²) in [6.45, 7) is 0. The van der Waals surface area contributed by atoms with Gasteiger partial charge in [0.2, 0.25) is 0 Å². The van der Waals surface area contributed by atoms with Gasteiger partial charge in [-0.25, -0.2) is 0 Å². The molecule has 0 atom stereocenters. The second kappa shape index (κ2) is 5.80. The molecule has 3 nitrogen and oxygen atoms in total. The first kappa shape index (κ1) is 15.3. The van der Waals surface area contributed by atoms with Crippen molar-refractivity contribution in [1.82, 2.24) is 0 Å². The van der Waals surface area contributed by atoms with Gasteiger partial charge >= 0.3 is 0 Å². The van der Waals surface area contributed by atoms with Crippen molar-refractivity contribution >= 4 is 0 Å². The van der Waals surface area contributed by atoms with Crippen LogP contribution >= 0.6 is 0 Å². The van der Waals surface area contributed by atoms with Gasteiger partial charge in [-0.1, -0.05) is 36.4 Å². The summed E-state index contributed by atoms with van der Waals surface area (Å²) in [7, 11) is 1.68. The van der Waals surface area contributed by atoms with Crippen molar-refractivity contribution in [3.8, 4) is 17.2 Å². The second-order valence-electron chi connectivity index (χ2n) is 6.92. The molecule has 0 aliphatic carbocycles. The Kier molecular flexibility index (Phi) is 3.42. The predicted molar refractivity (Wildman–Crippen MR) is 99.7 cm³/mol. The lowest BCUT2D eigenvalue weighted by Crippen LogP contribution is -2.52. The van der Waals surface area contributed by atoms with Gasteiger partial charge in [0.15, 0.2) is 0 Å². The van der Waals surface area contributed by atoms with Crippen LogP contribution < -0.4 is 14.2 Å². The standard InChI is InChI=1S/C23H20O3/c1-24-20-12-10-18(11-13-20)23-19(14-16-6-2-4-8-21(16)25-23)15-17-7-3-5-9-22(17)26-23/h2-13,19H,14-15H2,1H3. The zero-order chi connectivity index (χ0) is 17.6. The van der Waals surface area contributed by atoms with Crippen molar-refractivity contribution in [3.05, 3.63) is 89.5 Å². The number of methoxy groups -OCH3 is 1. The third kappa shape index (κ3) is 2.27. The van der Waals surface area contributed by atoms with Gasteiger partial charge in [-0.2, -0.15) is 0 Å². The van der Waals surface area contributed by atoms with E-state index in [-0.39, 0.29) is 5.92 Å². The maximum atomic E-state index is 6.58. The topological polar surface area (TPSA) is 27.7 Å². The molecule has 0 spiro atoms. The first-order chi connectivity index (χ1) is 12.8. The lowest BCUT2D eigenvalue weighted by atomic mass is 9.78. The molecule has 26 heavy (non-hydrogen) atoms. The molecule has 5 rings (SSSR count). The molecule has 0 amide bonds. The van der Waals surface area contributed by atoms with E-state index < -0.39 is 5.79 Å². The van der Waals surface area contributed by atoms with Crippen LogP contribution in [0.1, 0.15) is 16.7 Å². The summed E-state index contributed by atoms with van der Waals surface area (Å²) in [4.78, 5) is 0. The maximum Gasteiger partial charge on any atom is 0.281 e. The van der Waals surface area contributed by atoms with E-state index in [4.69, 9.17) is 14.2 Å². The minimum atomic E-state index is -0.811. The SMILES string of the molecule is COc1ccc(C23Oc4ccccc4CC2Cc2ccccc2O3)cc1. The predicted octanol–water partition coefficient (Wildman–Crippen LogP) is 4.73. The van der Waals surface area contributed by atoms with Gasteiger partial charge in [-0.15, -0.1) is 0 Å². The van der Waals surface area contributed by atoms with Crippen molar-refractivity contribution in [2.45, 2.75) is 18.6 Å². The van der Waals surface area contributed by atoms with Crippen LogP contribution in [-0.4, -0.2) is 7.11 Å². The van der Waals surface area contributed by atoms with Crippen molar-refractivity contribution in [3.63, 3.8) is 0 Å². The third-order valence-corrected chi connectivity index (χ3v) is 5.43. The van der Waals surface area contributed by atoms with Crippen molar-refractivity contribution < 1.29 is 14.2 Å².